The average molecular weight is 307 g/mol. The lowest BCUT2D eigenvalue weighted by atomic mass is 9.89. The zero-order valence-electron chi connectivity index (χ0n) is 13.0. The smallest absolute Gasteiger partial charge is 0.339 e. The first-order valence-electron chi connectivity index (χ1n) is 7.37. The molecular weight excluding hydrogens is 283 g/mol. The Hall–Kier alpha value is -1.11. The van der Waals surface area contributed by atoms with E-state index in [0.717, 1.165) is 13.0 Å². The molecule has 0 aromatic carbocycles. The molecule has 0 aliphatic rings. The summed E-state index contributed by atoms with van der Waals surface area (Å²) in [6.07, 6.45) is -4.36. The molecule has 1 aromatic rings. The lowest BCUT2D eigenvalue weighted by Gasteiger charge is -2.24. The molecule has 0 spiro atoms. The number of hydrogen-bond donors (Lipinski definition) is 1. The van der Waals surface area contributed by atoms with Crippen molar-refractivity contribution in [2.45, 2.75) is 65.1 Å². The number of nitrogens with zero attached hydrogens (tertiary/aromatic N) is 2. The van der Waals surface area contributed by atoms with E-state index in [-0.39, 0.29) is 30.1 Å². The topological polar surface area (TPSA) is 51.0 Å². The van der Waals surface area contributed by atoms with Crippen molar-refractivity contribution in [3.05, 3.63) is 11.7 Å². The third kappa shape index (κ3) is 6.03. The van der Waals surface area contributed by atoms with Gasteiger partial charge in [0.05, 0.1) is 12.3 Å². The van der Waals surface area contributed by atoms with Crippen LogP contribution in [0.2, 0.25) is 0 Å². The first-order chi connectivity index (χ1) is 9.74. The Morgan fingerprint density at radius 3 is 2.43 bits per heavy atom. The SMILES string of the molecule is CCCNC(C)C(c1nc(CCC(F)(F)F)no1)C(C)C. The summed E-state index contributed by atoms with van der Waals surface area (Å²) in [5.74, 6) is 0.776. The van der Waals surface area contributed by atoms with E-state index in [1.807, 2.05) is 20.8 Å². The maximum Gasteiger partial charge on any atom is 0.389 e. The number of nitrogens with one attached hydrogen (secondary N) is 1. The molecule has 0 saturated heterocycles. The van der Waals surface area contributed by atoms with Gasteiger partial charge in [0.2, 0.25) is 5.89 Å². The summed E-state index contributed by atoms with van der Waals surface area (Å²) >= 11 is 0. The number of alkyl halides is 3. The minimum absolute atomic E-state index is 0.0105. The van der Waals surface area contributed by atoms with Crippen LogP contribution in [-0.4, -0.2) is 28.9 Å². The zero-order chi connectivity index (χ0) is 16.0. The Labute approximate surface area is 123 Å². The molecule has 2 unspecified atom stereocenters. The van der Waals surface area contributed by atoms with Crippen LogP contribution in [0.4, 0.5) is 13.2 Å². The van der Waals surface area contributed by atoms with E-state index < -0.39 is 12.6 Å². The molecule has 1 N–H and O–H groups in total. The van der Waals surface area contributed by atoms with Crippen LogP contribution in [0.5, 0.6) is 0 Å². The van der Waals surface area contributed by atoms with Crippen molar-refractivity contribution in [1.29, 1.82) is 0 Å². The van der Waals surface area contributed by atoms with Crippen LogP contribution in [0, 0.1) is 5.92 Å². The zero-order valence-corrected chi connectivity index (χ0v) is 13.0. The fraction of sp³-hybridized carbons (Fsp3) is 0.857. The second kappa shape index (κ2) is 7.77. The van der Waals surface area contributed by atoms with Crippen molar-refractivity contribution in [3.8, 4) is 0 Å². The number of rotatable bonds is 8. The van der Waals surface area contributed by atoms with E-state index in [9.17, 15) is 13.2 Å². The largest absolute Gasteiger partial charge is 0.389 e. The highest BCUT2D eigenvalue weighted by molar-refractivity contribution is 5.00. The Balaban J connectivity index is 2.74. The molecule has 7 heteroatoms. The minimum Gasteiger partial charge on any atom is -0.339 e. The standard InChI is InChI=1S/C14H24F3N3O/c1-5-8-18-10(4)12(9(2)3)13-19-11(20-21-13)6-7-14(15,16)17/h9-10,12,18H,5-8H2,1-4H3. The maximum atomic E-state index is 12.2. The van der Waals surface area contributed by atoms with Crippen LogP contribution in [0.3, 0.4) is 0 Å². The van der Waals surface area contributed by atoms with Crippen LogP contribution < -0.4 is 5.32 Å². The molecule has 4 nitrogen and oxygen atoms in total. The van der Waals surface area contributed by atoms with Gasteiger partial charge in [-0.15, -0.1) is 0 Å². The van der Waals surface area contributed by atoms with Crippen molar-refractivity contribution >= 4 is 0 Å². The highest BCUT2D eigenvalue weighted by Crippen LogP contribution is 2.27. The molecule has 1 heterocycles. The number of aryl methyl sites for hydroxylation is 1. The van der Waals surface area contributed by atoms with Crippen molar-refractivity contribution in [2.75, 3.05) is 6.54 Å². The monoisotopic (exact) mass is 307 g/mol. The van der Waals surface area contributed by atoms with Crippen LogP contribution >= 0.6 is 0 Å². The predicted octanol–water partition coefficient (Wildman–Crippen LogP) is 3.69. The van der Waals surface area contributed by atoms with Gasteiger partial charge in [-0.1, -0.05) is 25.9 Å². The molecule has 0 amide bonds. The lowest BCUT2D eigenvalue weighted by molar-refractivity contribution is -0.134. The second-order valence-electron chi connectivity index (χ2n) is 5.68. The highest BCUT2D eigenvalue weighted by Gasteiger charge is 2.30. The molecule has 21 heavy (non-hydrogen) atoms. The average Bonchev–Trinajstić information content (AvgIpc) is 2.81. The van der Waals surface area contributed by atoms with Gasteiger partial charge >= 0.3 is 6.18 Å². The van der Waals surface area contributed by atoms with Gasteiger partial charge in [0, 0.05) is 12.5 Å². The van der Waals surface area contributed by atoms with E-state index in [4.69, 9.17) is 4.52 Å². The van der Waals surface area contributed by atoms with Crippen molar-refractivity contribution in [2.24, 2.45) is 5.92 Å². The Morgan fingerprint density at radius 2 is 1.90 bits per heavy atom. The maximum absolute atomic E-state index is 12.2. The summed E-state index contributed by atoms with van der Waals surface area (Å²) in [5.41, 5.74) is 0. The summed E-state index contributed by atoms with van der Waals surface area (Å²) in [7, 11) is 0. The van der Waals surface area contributed by atoms with Crippen LogP contribution in [0.15, 0.2) is 4.52 Å². The minimum atomic E-state index is -4.20. The molecule has 2 atom stereocenters. The van der Waals surface area contributed by atoms with Crippen LogP contribution in [0.25, 0.3) is 0 Å². The molecule has 0 bridgehead atoms. The molecule has 0 aliphatic carbocycles. The Kier molecular flexibility index (Phi) is 6.64. The highest BCUT2D eigenvalue weighted by atomic mass is 19.4. The molecule has 1 rings (SSSR count). The molecule has 0 fully saturated rings. The van der Waals surface area contributed by atoms with Gasteiger partial charge in [0.1, 0.15) is 0 Å². The fourth-order valence-corrected chi connectivity index (χ4v) is 2.33. The van der Waals surface area contributed by atoms with E-state index >= 15 is 0 Å². The van der Waals surface area contributed by atoms with E-state index in [2.05, 4.69) is 22.4 Å². The summed E-state index contributed by atoms with van der Waals surface area (Å²) < 4.78 is 41.8. The Morgan fingerprint density at radius 1 is 1.24 bits per heavy atom. The molecule has 0 saturated carbocycles. The molecule has 0 aliphatic heterocycles. The van der Waals surface area contributed by atoms with Gasteiger partial charge in [-0.05, 0) is 25.8 Å². The van der Waals surface area contributed by atoms with Gasteiger partial charge in [-0.3, -0.25) is 0 Å². The van der Waals surface area contributed by atoms with Crippen molar-refractivity contribution < 1.29 is 17.7 Å². The van der Waals surface area contributed by atoms with Gasteiger partial charge < -0.3 is 9.84 Å². The lowest BCUT2D eigenvalue weighted by Crippen LogP contribution is -2.35. The first-order valence-corrected chi connectivity index (χ1v) is 7.37. The molecule has 1 aromatic heterocycles. The molecular formula is C14H24F3N3O. The van der Waals surface area contributed by atoms with Crippen LogP contribution in [0.1, 0.15) is 58.2 Å². The van der Waals surface area contributed by atoms with Gasteiger partial charge in [0.25, 0.3) is 0 Å². The third-order valence-corrected chi connectivity index (χ3v) is 3.37. The number of halogens is 3. The third-order valence-electron chi connectivity index (χ3n) is 3.37. The summed E-state index contributed by atoms with van der Waals surface area (Å²) in [6, 6.07) is 0.126. The second-order valence-corrected chi connectivity index (χ2v) is 5.68. The van der Waals surface area contributed by atoms with E-state index in [1.54, 1.807) is 0 Å². The van der Waals surface area contributed by atoms with Gasteiger partial charge in [-0.2, -0.15) is 18.2 Å². The van der Waals surface area contributed by atoms with E-state index in [1.165, 1.54) is 0 Å². The number of aromatic nitrogens is 2. The quantitative estimate of drug-likeness (QED) is 0.796. The number of hydrogen-bond acceptors (Lipinski definition) is 4. The molecule has 122 valence electrons. The van der Waals surface area contributed by atoms with Gasteiger partial charge in [0.15, 0.2) is 5.82 Å². The summed E-state index contributed by atoms with van der Waals surface area (Å²) in [6.45, 7) is 9.05. The summed E-state index contributed by atoms with van der Waals surface area (Å²) in [5, 5.41) is 7.04. The van der Waals surface area contributed by atoms with Gasteiger partial charge in [-0.25, -0.2) is 0 Å². The fourth-order valence-electron chi connectivity index (χ4n) is 2.33. The van der Waals surface area contributed by atoms with Crippen molar-refractivity contribution in [1.82, 2.24) is 15.5 Å². The predicted molar refractivity (Wildman–Crippen MR) is 74.0 cm³/mol. The Bertz CT molecular complexity index is 418. The molecule has 0 radical (unpaired) electrons. The van der Waals surface area contributed by atoms with E-state index in [0.29, 0.717) is 5.89 Å². The summed E-state index contributed by atoms with van der Waals surface area (Å²) in [4.78, 5) is 4.15. The first kappa shape index (κ1) is 17.9. The normalized spacial score (nSPS) is 15.4. The van der Waals surface area contributed by atoms with Crippen molar-refractivity contribution in [3.63, 3.8) is 0 Å². The van der Waals surface area contributed by atoms with Crippen LogP contribution in [-0.2, 0) is 6.42 Å².